The largest absolute Gasteiger partial charge is 0.463 e. The second-order valence-corrected chi connectivity index (χ2v) is 8.23. The third-order valence-electron chi connectivity index (χ3n) is 5.65. The number of fused-ring (bicyclic) bond motifs is 1. The van der Waals surface area contributed by atoms with Crippen LogP contribution in [0.2, 0.25) is 0 Å². The van der Waals surface area contributed by atoms with Crippen molar-refractivity contribution in [3.05, 3.63) is 78.9 Å². The van der Waals surface area contributed by atoms with Crippen LogP contribution in [0, 0.1) is 0 Å². The van der Waals surface area contributed by atoms with Crippen molar-refractivity contribution in [2.24, 2.45) is 0 Å². The second-order valence-electron chi connectivity index (χ2n) is 8.23. The fraction of sp³-hybridized carbons (Fsp3) is 0.280. The first kappa shape index (κ1) is 22.0. The van der Waals surface area contributed by atoms with E-state index in [2.05, 4.69) is 37.3 Å². The van der Waals surface area contributed by atoms with E-state index in [1.54, 1.807) is 6.33 Å². The van der Waals surface area contributed by atoms with Gasteiger partial charge in [0.15, 0.2) is 17.0 Å². The van der Waals surface area contributed by atoms with Gasteiger partial charge in [-0.3, -0.25) is 14.3 Å². The van der Waals surface area contributed by atoms with Crippen LogP contribution in [0.15, 0.2) is 73.3 Å². The van der Waals surface area contributed by atoms with Crippen molar-refractivity contribution in [2.75, 3.05) is 25.0 Å². The van der Waals surface area contributed by atoms with Gasteiger partial charge in [-0.05, 0) is 17.7 Å². The van der Waals surface area contributed by atoms with Crippen molar-refractivity contribution < 1.29 is 14.3 Å². The van der Waals surface area contributed by atoms with Crippen LogP contribution in [0.25, 0.3) is 11.2 Å². The Labute approximate surface area is 197 Å². The van der Waals surface area contributed by atoms with Crippen molar-refractivity contribution in [1.82, 2.24) is 24.4 Å². The number of anilines is 2. The normalized spacial score (nSPS) is 18.6. The molecule has 2 aromatic carbocycles. The maximum atomic E-state index is 11.4. The number of nitrogens with zero attached hydrogens (tertiary/aromatic N) is 5. The highest BCUT2D eigenvalue weighted by Gasteiger charge is 2.31. The SMILES string of the molecule is CC(=O)OC[C@@H]1CN(Cc2ccccc2)C[C@H](n2cnc3c(Nc4ccccc4)ncnc32)O1. The molecule has 0 amide bonds. The molecule has 174 valence electrons. The minimum absolute atomic E-state index is 0.194. The Morgan fingerprint density at radius 2 is 1.82 bits per heavy atom. The molecule has 0 saturated carbocycles. The summed E-state index contributed by atoms with van der Waals surface area (Å²) in [5.74, 6) is 0.307. The Morgan fingerprint density at radius 3 is 2.59 bits per heavy atom. The van der Waals surface area contributed by atoms with Gasteiger partial charge in [0.25, 0.3) is 0 Å². The number of benzene rings is 2. The van der Waals surface area contributed by atoms with E-state index in [-0.39, 0.29) is 24.9 Å². The summed E-state index contributed by atoms with van der Waals surface area (Å²) in [5, 5.41) is 3.31. The van der Waals surface area contributed by atoms with Crippen LogP contribution >= 0.6 is 0 Å². The van der Waals surface area contributed by atoms with E-state index in [4.69, 9.17) is 9.47 Å². The van der Waals surface area contributed by atoms with Gasteiger partial charge in [-0.2, -0.15) is 0 Å². The molecule has 4 aromatic rings. The van der Waals surface area contributed by atoms with Crippen molar-refractivity contribution in [2.45, 2.75) is 25.8 Å². The maximum absolute atomic E-state index is 11.4. The number of para-hydroxylation sites is 1. The number of esters is 1. The van der Waals surface area contributed by atoms with Gasteiger partial charge in [-0.1, -0.05) is 48.5 Å². The smallest absolute Gasteiger partial charge is 0.302 e. The molecule has 1 aliphatic heterocycles. The molecule has 5 rings (SSSR count). The van der Waals surface area contributed by atoms with Crippen LogP contribution in [0.1, 0.15) is 18.7 Å². The number of imidazole rings is 1. The van der Waals surface area contributed by atoms with Gasteiger partial charge in [0.05, 0.1) is 6.33 Å². The highest BCUT2D eigenvalue weighted by Crippen LogP contribution is 2.28. The lowest BCUT2D eigenvalue weighted by atomic mass is 10.2. The molecule has 1 saturated heterocycles. The quantitative estimate of drug-likeness (QED) is 0.421. The fourth-order valence-corrected chi connectivity index (χ4v) is 4.13. The number of rotatable bonds is 7. The summed E-state index contributed by atoms with van der Waals surface area (Å²) in [6, 6.07) is 20.1. The predicted octanol–water partition coefficient (Wildman–Crippen LogP) is 3.53. The Bertz CT molecular complexity index is 1250. The zero-order chi connectivity index (χ0) is 23.3. The minimum Gasteiger partial charge on any atom is -0.463 e. The molecule has 0 spiro atoms. The maximum Gasteiger partial charge on any atom is 0.302 e. The molecule has 1 aliphatic rings. The summed E-state index contributed by atoms with van der Waals surface area (Å²) in [7, 11) is 0. The number of carbonyl (C=O) groups is 1. The van der Waals surface area contributed by atoms with E-state index in [0.717, 1.165) is 12.2 Å². The third-order valence-corrected chi connectivity index (χ3v) is 5.65. The number of nitrogens with one attached hydrogen (secondary N) is 1. The van der Waals surface area contributed by atoms with Crippen LogP contribution in [0.3, 0.4) is 0 Å². The van der Waals surface area contributed by atoms with Crippen LogP contribution in [0.4, 0.5) is 11.5 Å². The van der Waals surface area contributed by atoms with Crippen molar-refractivity contribution in [1.29, 1.82) is 0 Å². The van der Waals surface area contributed by atoms with E-state index in [1.165, 1.54) is 18.8 Å². The second kappa shape index (κ2) is 9.98. The third kappa shape index (κ3) is 5.05. The summed E-state index contributed by atoms with van der Waals surface area (Å²) in [6.45, 7) is 3.66. The summed E-state index contributed by atoms with van der Waals surface area (Å²) in [4.78, 5) is 27.2. The Kier molecular flexibility index (Phi) is 6.46. The zero-order valence-corrected chi connectivity index (χ0v) is 18.9. The van der Waals surface area contributed by atoms with Crippen LogP contribution < -0.4 is 5.32 Å². The lowest BCUT2D eigenvalue weighted by Gasteiger charge is -2.38. The van der Waals surface area contributed by atoms with Crippen molar-refractivity contribution >= 4 is 28.6 Å². The molecule has 2 aromatic heterocycles. The number of ether oxygens (including phenoxy) is 2. The number of morpholine rings is 1. The molecule has 34 heavy (non-hydrogen) atoms. The summed E-state index contributed by atoms with van der Waals surface area (Å²) >= 11 is 0. The summed E-state index contributed by atoms with van der Waals surface area (Å²) in [6.07, 6.45) is 2.64. The van der Waals surface area contributed by atoms with E-state index in [0.29, 0.717) is 30.1 Å². The van der Waals surface area contributed by atoms with Crippen LogP contribution in [-0.4, -0.2) is 56.2 Å². The van der Waals surface area contributed by atoms with E-state index < -0.39 is 0 Å². The number of hydrogen-bond acceptors (Lipinski definition) is 8. The molecule has 0 unspecified atom stereocenters. The lowest BCUT2D eigenvalue weighted by Crippen LogP contribution is -2.47. The molecule has 2 atom stereocenters. The van der Waals surface area contributed by atoms with E-state index >= 15 is 0 Å². The van der Waals surface area contributed by atoms with Crippen molar-refractivity contribution in [3.63, 3.8) is 0 Å². The molecular weight excluding hydrogens is 432 g/mol. The fourth-order valence-electron chi connectivity index (χ4n) is 4.13. The van der Waals surface area contributed by atoms with Crippen LogP contribution in [0.5, 0.6) is 0 Å². The Balaban J connectivity index is 1.41. The number of carbonyl (C=O) groups excluding carboxylic acids is 1. The topological polar surface area (TPSA) is 94.4 Å². The van der Waals surface area contributed by atoms with Gasteiger partial charge in [-0.15, -0.1) is 0 Å². The monoisotopic (exact) mass is 458 g/mol. The van der Waals surface area contributed by atoms with Crippen LogP contribution in [-0.2, 0) is 20.8 Å². The average molecular weight is 459 g/mol. The molecule has 9 heteroatoms. The molecule has 1 fully saturated rings. The van der Waals surface area contributed by atoms with Gasteiger partial charge in [0, 0.05) is 32.2 Å². The predicted molar refractivity (Wildman–Crippen MR) is 127 cm³/mol. The lowest BCUT2D eigenvalue weighted by molar-refractivity contribution is -0.162. The first-order valence-corrected chi connectivity index (χ1v) is 11.2. The number of aromatic nitrogens is 4. The standard InChI is InChI=1S/C25H26N6O3/c1-18(32)33-15-21-13-30(12-19-8-4-2-5-9-19)14-22(34-21)31-17-28-23-24(26-16-27-25(23)31)29-20-10-6-3-7-11-20/h2-11,16-17,21-22H,12-15H2,1H3,(H,26,27,29)/t21-,22+/m0/s1. The number of hydrogen-bond donors (Lipinski definition) is 1. The Hall–Kier alpha value is -3.82. The molecular formula is C25H26N6O3. The van der Waals surface area contributed by atoms with Gasteiger partial charge in [-0.25, -0.2) is 15.0 Å². The van der Waals surface area contributed by atoms with E-state index in [1.807, 2.05) is 53.1 Å². The molecule has 3 heterocycles. The first-order valence-electron chi connectivity index (χ1n) is 11.2. The summed E-state index contributed by atoms with van der Waals surface area (Å²) < 4.78 is 13.5. The minimum atomic E-state index is -0.345. The zero-order valence-electron chi connectivity index (χ0n) is 18.9. The highest BCUT2D eigenvalue weighted by atomic mass is 16.6. The highest BCUT2D eigenvalue weighted by molar-refractivity contribution is 5.85. The molecule has 0 radical (unpaired) electrons. The van der Waals surface area contributed by atoms with Gasteiger partial charge in [0.2, 0.25) is 0 Å². The van der Waals surface area contributed by atoms with Gasteiger partial charge in [0.1, 0.15) is 25.3 Å². The average Bonchev–Trinajstić information content (AvgIpc) is 3.29. The molecule has 1 N–H and O–H groups in total. The molecule has 9 nitrogen and oxygen atoms in total. The van der Waals surface area contributed by atoms with Gasteiger partial charge >= 0.3 is 5.97 Å². The van der Waals surface area contributed by atoms with Crippen molar-refractivity contribution in [3.8, 4) is 0 Å². The van der Waals surface area contributed by atoms with Gasteiger partial charge < -0.3 is 14.8 Å². The molecule has 0 bridgehead atoms. The molecule has 0 aliphatic carbocycles. The first-order chi connectivity index (χ1) is 16.7. The Morgan fingerprint density at radius 1 is 1.06 bits per heavy atom. The summed E-state index contributed by atoms with van der Waals surface area (Å²) in [5.41, 5.74) is 3.46. The van der Waals surface area contributed by atoms with E-state index in [9.17, 15) is 4.79 Å².